The third-order valence-electron chi connectivity index (χ3n) is 5.62. The monoisotopic (exact) mass is 426 g/mol. The minimum absolute atomic E-state index is 0.719. The molecule has 0 bridgehead atoms. The Balaban J connectivity index is 1.31. The molecule has 30 heavy (non-hydrogen) atoms. The highest BCUT2D eigenvalue weighted by molar-refractivity contribution is 7.65. The Hall–Kier alpha value is -2.66. The fraction of sp³-hybridized carbons (Fsp3) is 0.0769. The van der Waals surface area contributed by atoms with Crippen molar-refractivity contribution in [2.24, 2.45) is 0 Å². The molecule has 0 fully saturated rings. The molecule has 0 saturated carbocycles. The molecule has 6 rings (SSSR count). The minimum atomic E-state index is -0.719. The van der Waals surface area contributed by atoms with Crippen molar-refractivity contribution >= 4 is 26.9 Å². The maximum Gasteiger partial charge on any atom is 0.131 e. The maximum absolute atomic E-state index is 6.53. The molecule has 2 heterocycles. The Kier molecular flexibility index (Phi) is 4.56. The van der Waals surface area contributed by atoms with Crippen LogP contribution in [0.5, 0.6) is 11.5 Å². The van der Waals surface area contributed by atoms with E-state index in [4.69, 9.17) is 9.05 Å². The summed E-state index contributed by atoms with van der Waals surface area (Å²) >= 11 is 0. The molecular weight excluding hydrogens is 406 g/mol. The van der Waals surface area contributed by atoms with Crippen LogP contribution in [-0.2, 0) is 0 Å². The molecular formula is C26H20O2P2. The Morgan fingerprint density at radius 2 is 0.800 bits per heavy atom. The molecule has 0 aromatic heterocycles. The van der Waals surface area contributed by atoms with Crippen molar-refractivity contribution in [2.75, 3.05) is 12.3 Å². The molecule has 0 saturated heterocycles. The lowest BCUT2D eigenvalue weighted by molar-refractivity contribution is 0.613. The fourth-order valence-corrected chi connectivity index (χ4v) is 8.76. The van der Waals surface area contributed by atoms with Crippen molar-refractivity contribution in [3.8, 4) is 33.8 Å². The minimum Gasteiger partial charge on any atom is -0.469 e. The van der Waals surface area contributed by atoms with E-state index in [1.54, 1.807) is 0 Å². The molecule has 4 heteroatoms. The Bertz CT molecular complexity index is 1140. The highest BCUT2D eigenvalue weighted by Gasteiger charge is 2.30. The van der Waals surface area contributed by atoms with E-state index in [-0.39, 0.29) is 0 Å². The molecule has 4 aromatic rings. The summed E-state index contributed by atoms with van der Waals surface area (Å²) in [5, 5.41) is 2.68. The van der Waals surface area contributed by atoms with Crippen LogP contribution in [0.25, 0.3) is 22.3 Å². The van der Waals surface area contributed by atoms with Crippen molar-refractivity contribution in [1.29, 1.82) is 0 Å². The first kappa shape index (κ1) is 18.1. The number of hydrogen-bond donors (Lipinski definition) is 0. The standard InChI is InChI=1S/C26H20O2P2/c1-5-13-23-19(9-1)21-11-3-7-15-25(21)29(27-23)17-18-30-26-16-8-4-12-22(26)20-10-2-6-14-24(20)28-30/h1-16H,17-18H2. The zero-order chi connectivity index (χ0) is 19.9. The Morgan fingerprint density at radius 3 is 1.27 bits per heavy atom. The van der Waals surface area contributed by atoms with Gasteiger partial charge in [0.25, 0.3) is 0 Å². The Morgan fingerprint density at radius 1 is 0.433 bits per heavy atom. The van der Waals surface area contributed by atoms with Gasteiger partial charge in [0, 0.05) is 34.1 Å². The summed E-state index contributed by atoms with van der Waals surface area (Å²) in [6, 6.07) is 34.2. The third-order valence-corrected chi connectivity index (χ3v) is 9.92. The van der Waals surface area contributed by atoms with E-state index in [9.17, 15) is 0 Å². The second-order valence-corrected chi connectivity index (χ2v) is 11.2. The maximum atomic E-state index is 6.53. The third kappa shape index (κ3) is 3.03. The van der Waals surface area contributed by atoms with Gasteiger partial charge in [-0.05, 0) is 23.3 Å². The molecule has 146 valence electrons. The van der Waals surface area contributed by atoms with Gasteiger partial charge in [0.05, 0.1) is 0 Å². The van der Waals surface area contributed by atoms with Gasteiger partial charge in [-0.3, -0.25) is 0 Å². The summed E-state index contributed by atoms with van der Waals surface area (Å²) in [4.78, 5) is 0. The summed E-state index contributed by atoms with van der Waals surface area (Å²) < 4.78 is 13.1. The predicted molar refractivity (Wildman–Crippen MR) is 128 cm³/mol. The molecule has 0 N–H and O–H groups in total. The van der Waals surface area contributed by atoms with Gasteiger partial charge in [-0.1, -0.05) is 84.9 Å². The lowest BCUT2D eigenvalue weighted by Crippen LogP contribution is -2.20. The van der Waals surface area contributed by atoms with Crippen LogP contribution in [0.2, 0.25) is 0 Å². The van der Waals surface area contributed by atoms with Gasteiger partial charge in [-0.15, -0.1) is 0 Å². The average molecular weight is 426 g/mol. The van der Waals surface area contributed by atoms with Gasteiger partial charge in [0.1, 0.15) is 27.8 Å². The first-order chi connectivity index (χ1) is 14.9. The van der Waals surface area contributed by atoms with Gasteiger partial charge >= 0.3 is 0 Å². The number of hydrogen-bond acceptors (Lipinski definition) is 2. The van der Waals surface area contributed by atoms with Crippen LogP contribution in [0.4, 0.5) is 0 Å². The molecule has 2 atom stereocenters. The number of fused-ring (bicyclic) bond motifs is 6. The van der Waals surface area contributed by atoms with Crippen LogP contribution in [0, 0.1) is 0 Å². The Labute approximate surface area is 179 Å². The van der Waals surface area contributed by atoms with Crippen LogP contribution in [0.3, 0.4) is 0 Å². The van der Waals surface area contributed by atoms with E-state index in [1.165, 1.54) is 32.9 Å². The second kappa shape index (κ2) is 7.55. The summed E-state index contributed by atoms with van der Waals surface area (Å²) in [6.45, 7) is 0. The lowest BCUT2D eigenvalue weighted by atomic mass is 10.0. The number of rotatable bonds is 3. The number of benzene rings is 4. The van der Waals surface area contributed by atoms with Crippen molar-refractivity contribution in [3.05, 3.63) is 97.1 Å². The quantitative estimate of drug-likeness (QED) is 0.346. The molecule has 0 amide bonds. The van der Waals surface area contributed by atoms with Gasteiger partial charge < -0.3 is 9.05 Å². The summed E-state index contributed by atoms with van der Waals surface area (Å²) in [6.07, 6.45) is 1.98. The topological polar surface area (TPSA) is 18.5 Å². The highest BCUT2D eigenvalue weighted by atomic mass is 31.1. The van der Waals surface area contributed by atoms with Crippen LogP contribution in [0.15, 0.2) is 97.1 Å². The zero-order valence-corrected chi connectivity index (χ0v) is 18.2. The smallest absolute Gasteiger partial charge is 0.131 e. The van der Waals surface area contributed by atoms with E-state index in [0.29, 0.717) is 0 Å². The summed E-state index contributed by atoms with van der Waals surface area (Å²) in [5.74, 6) is 2.01. The highest BCUT2D eigenvalue weighted by Crippen LogP contribution is 2.53. The van der Waals surface area contributed by atoms with Crippen LogP contribution < -0.4 is 19.7 Å². The van der Waals surface area contributed by atoms with Crippen molar-refractivity contribution in [3.63, 3.8) is 0 Å². The molecule has 2 unspecified atom stereocenters. The molecule has 0 spiro atoms. The van der Waals surface area contributed by atoms with Gasteiger partial charge in [0.15, 0.2) is 0 Å². The summed E-state index contributed by atoms with van der Waals surface area (Å²) in [7, 11) is -1.44. The summed E-state index contributed by atoms with van der Waals surface area (Å²) in [5.41, 5.74) is 5.03. The van der Waals surface area contributed by atoms with Gasteiger partial charge in [-0.25, -0.2) is 0 Å². The first-order valence-corrected chi connectivity index (χ1v) is 13.1. The van der Waals surface area contributed by atoms with Crippen molar-refractivity contribution < 1.29 is 9.05 Å². The molecule has 0 radical (unpaired) electrons. The number of para-hydroxylation sites is 2. The van der Waals surface area contributed by atoms with E-state index >= 15 is 0 Å². The van der Waals surface area contributed by atoms with E-state index in [2.05, 4.69) is 97.1 Å². The fourth-order valence-electron chi connectivity index (χ4n) is 4.22. The van der Waals surface area contributed by atoms with Gasteiger partial charge in [-0.2, -0.15) is 0 Å². The molecule has 0 aliphatic carbocycles. The molecule has 2 aliphatic rings. The van der Waals surface area contributed by atoms with E-state index < -0.39 is 16.3 Å². The van der Waals surface area contributed by atoms with Crippen molar-refractivity contribution in [1.82, 2.24) is 0 Å². The predicted octanol–water partition coefficient (Wildman–Crippen LogP) is 6.55. The van der Waals surface area contributed by atoms with Crippen LogP contribution >= 0.6 is 16.3 Å². The largest absolute Gasteiger partial charge is 0.469 e. The second-order valence-electron chi connectivity index (χ2n) is 7.41. The molecule has 2 aliphatic heterocycles. The lowest BCUT2D eigenvalue weighted by Gasteiger charge is -2.31. The van der Waals surface area contributed by atoms with Crippen LogP contribution in [-0.4, -0.2) is 12.3 Å². The molecule has 4 aromatic carbocycles. The van der Waals surface area contributed by atoms with E-state index in [0.717, 1.165) is 23.8 Å². The van der Waals surface area contributed by atoms with Gasteiger partial charge in [0.2, 0.25) is 0 Å². The van der Waals surface area contributed by atoms with Crippen LogP contribution in [0.1, 0.15) is 0 Å². The van der Waals surface area contributed by atoms with Crippen molar-refractivity contribution in [2.45, 2.75) is 0 Å². The average Bonchev–Trinajstić information content (AvgIpc) is 2.82. The molecule has 2 nitrogen and oxygen atoms in total. The normalized spacial score (nSPS) is 18.1. The van der Waals surface area contributed by atoms with E-state index in [1.807, 2.05) is 0 Å². The SMILES string of the molecule is c1ccc2c(c1)OP(CCP1Oc3ccccc3-c3ccccc31)c1ccccc1-2. The zero-order valence-electron chi connectivity index (χ0n) is 16.4. The first-order valence-electron chi connectivity index (χ1n) is 10.2.